The molecule has 1 aromatic heterocycles. The minimum atomic E-state index is -0.241. The van der Waals surface area contributed by atoms with Crippen LogP contribution in [-0.4, -0.2) is 40.4 Å². The molecule has 0 bridgehead atoms. The Bertz CT molecular complexity index is 314. The molecule has 2 heterocycles. The first kappa shape index (κ1) is 10.2. The molecular formula is C10H16N4O. The van der Waals surface area contributed by atoms with Crippen molar-refractivity contribution in [3.8, 4) is 0 Å². The monoisotopic (exact) mass is 208 g/mol. The second-order valence-electron chi connectivity index (χ2n) is 4.02. The summed E-state index contributed by atoms with van der Waals surface area (Å²) in [5.74, 6) is 0.312. The lowest BCUT2D eigenvalue weighted by atomic mass is 9.94. The second kappa shape index (κ2) is 4.44. The first-order valence-electron chi connectivity index (χ1n) is 5.24. The molecule has 1 aliphatic rings. The minimum absolute atomic E-state index is 0.241. The van der Waals surface area contributed by atoms with Crippen LogP contribution in [0.2, 0.25) is 0 Å². The Morgan fingerprint density at radius 2 is 2.33 bits per heavy atom. The number of carbonyl (C=O) groups is 1. The first-order valence-corrected chi connectivity index (χ1v) is 5.24. The Balaban J connectivity index is 1.84. The van der Waals surface area contributed by atoms with Gasteiger partial charge in [-0.15, -0.1) is 0 Å². The van der Waals surface area contributed by atoms with Gasteiger partial charge in [0.25, 0.3) is 0 Å². The molecule has 5 heteroatoms. The smallest absolute Gasteiger partial charge is 0.231 e. The molecule has 15 heavy (non-hydrogen) atoms. The summed E-state index contributed by atoms with van der Waals surface area (Å²) >= 11 is 0. The number of nitrogens with one attached hydrogen (secondary N) is 1. The summed E-state index contributed by atoms with van der Waals surface area (Å²) in [7, 11) is 0. The lowest BCUT2D eigenvalue weighted by Crippen LogP contribution is -2.39. The number of aromatic nitrogens is 2. The summed E-state index contributed by atoms with van der Waals surface area (Å²) < 4.78 is 0. The molecule has 1 aromatic rings. The molecule has 5 nitrogen and oxygen atoms in total. The van der Waals surface area contributed by atoms with E-state index < -0.39 is 0 Å². The van der Waals surface area contributed by atoms with E-state index in [2.05, 4.69) is 14.9 Å². The summed E-state index contributed by atoms with van der Waals surface area (Å²) in [6.45, 7) is 2.26. The molecule has 0 unspecified atom stereocenters. The van der Waals surface area contributed by atoms with Crippen LogP contribution in [-0.2, 0) is 4.79 Å². The molecule has 0 aliphatic carbocycles. The van der Waals surface area contributed by atoms with Crippen molar-refractivity contribution in [2.75, 3.05) is 19.6 Å². The molecule has 1 fully saturated rings. The molecule has 82 valence electrons. The number of hydrogen-bond donors (Lipinski definition) is 2. The maximum absolute atomic E-state index is 10.7. The number of H-pyrrole nitrogens is 1. The van der Waals surface area contributed by atoms with Gasteiger partial charge in [-0.25, -0.2) is 4.98 Å². The molecule has 3 N–H and O–H groups in total. The topological polar surface area (TPSA) is 75.0 Å². The second-order valence-corrected chi connectivity index (χ2v) is 4.02. The van der Waals surface area contributed by atoms with Crippen LogP contribution in [0.1, 0.15) is 24.5 Å². The minimum Gasteiger partial charge on any atom is -0.369 e. The SMILES string of the molecule is NC(=O)CN1CCC(c2cnc[nH]2)CC1. The van der Waals surface area contributed by atoms with Crippen LogP contribution in [0.3, 0.4) is 0 Å². The summed E-state index contributed by atoms with van der Waals surface area (Å²) in [6.07, 6.45) is 5.73. The largest absolute Gasteiger partial charge is 0.369 e. The Kier molecular flexibility index (Phi) is 3.01. The van der Waals surface area contributed by atoms with Crippen LogP contribution in [0.4, 0.5) is 0 Å². The van der Waals surface area contributed by atoms with Crippen LogP contribution in [0.15, 0.2) is 12.5 Å². The number of aromatic amines is 1. The number of likely N-dealkylation sites (tertiary alicyclic amines) is 1. The standard InChI is InChI=1S/C10H16N4O/c11-10(15)6-14-3-1-8(2-4-14)9-5-12-7-13-9/h5,7-8H,1-4,6H2,(H2,11,15)(H,12,13). The Hall–Kier alpha value is -1.36. The zero-order valence-corrected chi connectivity index (χ0v) is 8.65. The average molecular weight is 208 g/mol. The van der Waals surface area contributed by atoms with Crippen LogP contribution in [0, 0.1) is 0 Å². The van der Waals surface area contributed by atoms with Gasteiger partial charge in [-0.3, -0.25) is 9.69 Å². The molecule has 1 amide bonds. The van der Waals surface area contributed by atoms with E-state index in [1.54, 1.807) is 6.33 Å². The van der Waals surface area contributed by atoms with E-state index in [1.165, 1.54) is 5.69 Å². The molecule has 0 aromatic carbocycles. The normalized spacial score (nSPS) is 19.2. The van der Waals surface area contributed by atoms with Crippen molar-refractivity contribution in [2.45, 2.75) is 18.8 Å². The highest BCUT2D eigenvalue weighted by Gasteiger charge is 2.21. The molecule has 2 rings (SSSR count). The van der Waals surface area contributed by atoms with Crippen molar-refractivity contribution in [2.24, 2.45) is 5.73 Å². The number of primary amides is 1. The van der Waals surface area contributed by atoms with Crippen LogP contribution >= 0.6 is 0 Å². The number of rotatable bonds is 3. The number of carbonyl (C=O) groups excluding carboxylic acids is 1. The number of nitrogens with two attached hydrogens (primary N) is 1. The predicted molar refractivity (Wildman–Crippen MR) is 56.2 cm³/mol. The summed E-state index contributed by atoms with van der Waals surface area (Å²) in [5, 5.41) is 0. The van der Waals surface area contributed by atoms with E-state index in [4.69, 9.17) is 5.73 Å². The lowest BCUT2D eigenvalue weighted by molar-refractivity contribution is -0.119. The Morgan fingerprint density at radius 1 is 1.60 bits per heavy atom. The fraction of sp³-hybridized carbons (Fsp3) is 0.600. The highest BCUT2D eigenvalue weighted by molar-refractivity contribution is 5.75. The molecule has 0 atom stereocenters. The van der Waals surface area contributed by atoms with Crippen LogP contribution < -0.4 is 5.73 Å². The molecule has 1 aliphatic heterocycles. The third-order valence-corrected chi connectivity index (χ3v) is 2.93. The highest BCUT2D eigenvalue weighted by atomic mass is 16.1. The van der Waals surface area contributed by atoms with E-state index in [-0.39, 0.29) is 5.91 Å². The predicted octanol–water partition coefficient (Wildman–Crippen LogP) is 0.0744. The Morgan fingerprint density at radius 3 is 2.87 bits per heavy atom. The molecule has 1 saturated heterocycles. The molecule has 0 spiro atoms. The number of hydrogen-bond acceptors (Lipinski definition) is 3. The number of amides is 1. The van der Waals surface area contributed by atoms with E-state index in [0.29, 0.717) is 12.5 Å². The summed E-state index contributed by atoms with van der Waals surface area (Å²) in [6, 6.07) is 0. The van der Waals surface area contributed by atoms with E-state index in [0.717, 1.165) is 25.9 Å². The van der Waals surface area contributed by atoms with Crippen molar-refractivity contribution in [1.29, 1.82) is 0 Å². The van der Waals surface area contributed by atoms with Gasteiger partial charge in [0, 0.05) is 17.8 Å². The van der Waals surface area contributed by atoms with Gasteiger partial charge < -0.3 is 10.7 Å². The number of nitrogens with zero attached hydrogens (tertiary/aromatic N) is 2. The zero-order valence-electron chi connectivity index (χ0n) is 8.65. The quantitative estimate of drug-likeness (QED) is 0.738. The average Bonchev–Trinajstić information content (AvgIpc) is 2.71. The van der Waals surface area contributed by atoms with Crippen molar-refractivity contribution in [3.05, 3.63) is 18.2 Å². The fourth-order valence-corrected chi connectivity index (χ4v) is 2.11. The van der Waals surface area contributed by atoms with E-state index in [1.807, 2.05) is 6.20 Å². The number of imidazole rings is 1. The van der Waals surface area contributed by atoms with Gasteiger partial charge >= 0.3 is 0 Å². The van der Waals surface area contributed by atoms with Gasteiger partial charge in [0.05, 0.1) is 12.9 Å². The van der Waals surface area contributed by atoms with Crippen molar-refractivity contribution >= 4 is 5.91 Å². The molecular weight excluding hydrogens is 192 g/mol. The first-order chi connectivity index (χ1) is 7.25. The van der Waals surface area contributed by atoms with Crippen LogP contribution in [0.5, 0.6) is 0 Å². The molecule has 0 radical (unpaired) electrons. The van der Waals surface area contributed by atoms with Crippen molar-refractivity contribution in [1.82, 2.24) is 14.9 Å². The van der Waals surface area contributed by atoms with E-state index in [9.17, 15) is 4.79 Å². The summed E-state index contributed by atoms with van der Waals surface area (Å²) in [4.78, 5) is 20.0. The number of piperidine rings is 1. The van der Waals surface area contributed by atoms with Gasteiger partial charge in [-0.1, -0.05) is 0 Å². The van der Waals surface area contributed by atoms with E-state index >= 15 is 0 Å². The van der Waals surface area contributed by atoms with Gasteiger partial charge in [-0.05, 0) is 25.9 Å². The van der Waals surface area contributed by atoms with Crippen molar-refractivity contribution < 1.29 is 4.79 Å². The lowest BCUT2D eigenvalue weighted by Gasteiger charge is -2.30. The van der Waals surface area contributed by atoms with Crippen molar-refractivity contribution in [3.63, 3.8) is 0 Å². The van der Waals surface area contributed by atoms with Gasteiger partial charge in [0.15, 0.2) is 0 Å². The van der Waals surface area contributed by atoms with Gasteiger partial charge in [-0.2, -0.15) is 0 Å². The Labute approximate surface area is 88.7 Å². The fourth-order valence-electron chi connectivity index (χ4n) is 2.11. The third-order valence-electron chi connectivity index (χ3n) is 2.93. The maximum atomic E-state index is 10.7. The van der Waals surface area contributed by atoms with Crippen LogP contribution in [0.25, 0.3) is 0 Å². The molecule has 0 saturated carbocycles. The van der Waals surface area contributed by atoms with Gasteiger partial charge in [0.1, 0.15) is 0 Å². The highest BCUT2D eigenvalue weighted by Crippen LogP contribution is 2.25. The van der Waals surface area contributed by atoms with Gasteiger partial charge in [0.2, 0.25) is 5.91 Å². The third kappa shape index (κ3) is 2.56. The summed E-state index contributed by atoms with van der Waals surface area (Å²) in [5.41, 5.74) is 6.36. The zero-order chi connectivity index (χ0) is 10.7. The maximum Gasteiger partial charge on any atom is 0.231 e.